The van der Waals surface area contributed by atoms with Gasteiger partial charge in [-0.05, 0) is 67.3 Å². The van der Waals surface area contributed by atoms with Gasteiger partial charge in [-0.1, -0.05) is 18.3 Å². The average molecular weight is 540 g/mol. The number of pyridine rings is 1. The topological polar surface area (TPSA) is 112 Å². The maximum absolute atomic E-state index is 13.6. The van der Waals surface area contributed by atoms with Crippen molar-refractivity contribution in [3.05, 3.63) is 71.0 Å². The van der Waals surface area contributed by atoms with Crippen LogP contribution in [0.25, 0.3) is 11.1 Å². The maximum atomic E-state index is 13.6. The highest BCUT2D eigenvalue weighted by Gasteiger charge is 2.45. The largest absolute Gasteiger partial charge is 0.354 e. The number of carbonyl (C=O) groups is 4. The number of amides is 4. The molecular formula is C29H25N5O4S. The van der Waals surface area contributed by atoms with Crippen molar-refractivity contribution in [3.63, 3.8) is 0 Å². The summed E-state index contributed by atoms with van der Waals surface area (Å²) >= 11 is 5.56. The number of aromatic nitrogens is 1. The van der Waals surface area contributed by atoms with Crippen molar-refractivity contribution in [2.24, 2.45) is 0 Å². The number of piperidine rings is 1. The van der Waals surface area contributed by atoms with Gasteiger partial charge in [0.1, 0.15) is 6.04 Å². The van der Waals surface area contributed by atoms with Crippen molar-refractivity contribution in [1.82, 2.24) is 15.2 Å². The van der Waals surface area contributed by atoms with Crippen LogP contribution in [0.15, 0.2) is 48.7 Å². The fourth-order valence-corrected chi connectivity index (χ4v) is 5.71. The normalized spacial score (nSPS) is 18.7. The van der Waals surface area contributed by atoms with Crippen LogP contribution in [0.2, 0.25) is 0 Å². The molecule has 4 heterocycles. The number of fused-ring (bicyclic) bond motifs is 2. The highest BCUT2D eigenvalue weighted by atomic mass is 32.1. The van der Waals surface area contributed by atoms with Gasteiger partial charge in [0, 0.05) is 48.7 Å². The van der Waals surface area contributed by atoms with Crippen molar-refractivity contribution in [2.45, 2.75) is 38.6 Å². The molecule has 1 unspecified atom stereocenters. The van der Waals surface area contributed by atoms with Crippen LogP contribution in [0.3, 0.4) is 0 Å². The molecule has 10 heteroatoms. The van der Waals surface area contributed by atoms with E-state index in [0.29, 0.717) is 5.69 Å². The van der Waals surface area contributed by atoms with Crippen LogP contribution in [0, 0.1) is 6.92 Å². The zero-order valence-corrected chi connectivity index (χ0v) is 22.2. The van der Waals surface area contributed by atoms with Crippen molar-refractivity contribution >= 4 is 57.9 Å². The van der Waals surface area contributed by atoms with E-state index in [9.17, 15) is 19.2 Å². The molecule has 0 radical (unpaired) electrons. The summed E-state index contributed by atoms with van der Waals surface area (Å²) in [6, 6.07) is 12.1. The fraction of sp³-hybridized carbons (Fsp3) is 0.241. The van der Waals surface area contributed by atoms with Crippen molar-refractivity contribution in [3.8, 4) is 11.1 Å². The van der Waals surface area contributed by atoms with Gasteiger partial charge in [0.2, 0.25) is 11.8 Å². The van der Waals surface area contributed by atoms with E-state index in [4.69, 9.17) is 12.2 Å². The number of nitrogens with one attached hydrogen (secondary N) is 2. The van der Waals surface area contributed by atoms with Gasteiger partial charge in [-0.25, -0.2) is 0 Å². The van der Waals surface area contributed by atoms with Crippen LogP contribution in [-0.2, 0) is 16.0 Å². The first-order chi connectivity index (χ1) is 18.7. The van der Waals surface area contributed by atoms with Crippen LogP contribution in [0.1, 0.15) is 51.2 Å². The second-order valence-corrected chi connectivity index (χ2v) is 10.4. The molecule has 2 aromatic carbocycles. The van der Waals surface area contributed by atoms with E-state index >= 15 is 0 Å². The van der Waals surface area contributed by atoms with Gasteiger partial charge in [-0.2, -0.15) is 0 Å². The lowest BCUT2D eigenvalue weighted by Crippen LogP contribution is -2.54. The molecule has 0 saturated carbocycles. The minimum atomic E-state index is -1.03. The molecule has 0 bridgehead atoms. The minimum Gasteiger partial charge on any atom is -0.354 e. The quantitative estimate of drug-likeness (QED) is 0.379. The Bertz CT molecular complexity index is 1620. The van der Waals surface area contributed by atoms with Crippen LogP contribution in [0.5, 0.6) is 0 Å². The first-order valence-corrected chi connectivity index (χ1v) is 13.1. The Kier molecular flexibility index (Phi) is 5.99. The molecule has 39 heavy (non-hydrogen) atoms. The fourth-order valence-electron chi connectivity index (χ4n) is 5.51. The summed E-state index contributed by atoms with van der Waals surface area (Å²) in [7, 11) is 1.95. The molecule has 4 amide bonds. The molecule has 1 fully saturated rings. The molecule has 6 rings (SSSR count). The third kappa shape index (κ3) is 4.17. The second-order valence-electron chi connectivity index (χ2n) is 9.97. The van der Waals surface area contributed by atoms with Crippen LogP contribution in [-0.4, -0.2) is 51.6 Å². The number of carbonyl (C=O) groups excluding carboxylic acids is 4. The smallest absolute Gasteiger partial charge is 0.264 e. The maximum Gasteiger partial charge on any atom is 0.264 e. The molecule has 1 saturated heterocycles. The summed E-state index contributed by atoms with van der Waals surface area (Å²) in [6.07, 6.45) is 3.54. The van der Waals surface area contributed by atoms with Gasteiger partial charge in [0.25, 0.3) is 11.8 Å². The molecular weight excluding hydrogens is 514 g/mol. The van der Waals surface area contributed by atoms with E-state index in [1.54, 1.807) is 24.4 Å². The number of thiocarbonyl (C=S) groups is 1. The SMILES string of the molecule is Cc1cc(-c2cc3c(cc2Nc2cccc4c2C(=O)N(C2CCC(=O)NC2=O)C4=O)N(C)C(=S)CC3)ccn1. The Hall–Kier alpha value is -4.44. The Balaban J connectivity index is 1.44. The zero-order chi connectivity index (χ0) is 27.4. The number of nitrogens with zero attached hydrogens (tertiary/aromatic N) is 3. The van der Waals surface area contributed by atoms with Gasteiger partial charge < -0.3 is 10.2 Å². The second kappa shape index (κ2) is 9.39. The Morgan fingerprint density at radius 3 is 2.56 bits per heavy atom. The Labute approximate surface area is 230 Å². The van der Waals surface area contributed by atoms with Gasteiger partial charge >= 0.3 is 0 Å². The Morgan fingerprint density at radius 2 is 1.79 bits per heavy atom. The first kappa shape index (κ1) is 24.9. The highest BCUT2D eigenvalue weighted by Crippen LogP contribution is 2.41. The third-order valence-electron chi connectivity index (χ3n) is 7.51. The van der Waals surface area contributed by atoms with Crippen molar-refractivity contribution < 1.29 is 19.2 Å². The minimum absolute atomic E-state index is 0.0636. The van der Waals surface area contributed by atoms with E-state index in [0.717, 1.165) is 56.5 Å². The molecule has 0 aliphatic carbocycles. The summed E-state index contributed by atoms with van der Waals surface area (Å²) in [5.74, 6) is -2.16. The van der Waals surface area contributed by atoms with Crippen LogP contribution < -0.4 is 15.5 Å². The number of hydrogen-bond donors (Lipinski definition) is 2. The number of hydrogen-bond acceptors (Lipinski definition) is 7. The lowest BCUT2D eigenvalue weighted by molar-refractivity contribution is -0.136. The predicted octanol–water partition coefficient (Wildman–Crippen LogP) is 3.91. The molecule has 196 valence electrons. The number of rotatable bonds is 4. The summed E-state index contributed by atoms with van der Waals surface area (Å²) < 4.78 is 0. The van der Waals surface area contributed by atoms with E-state index < -0.39 is 29.7 Å². The zero-order valence-electron chi connectivity index (χ0n) is 21.4. The lowest BCUT2D eigenvalue weighted by atomic mass is 9.94. The summed E-state index contributed by atoms with van der Waals surface area (Å²) in [5, 5.41) is 5.66. The number of anilines is 3. The number of benzene rings is 2. The third-order valence-corrected chi connectivity index (χ3v) is 7.99. The van der Waals surface area contributed by atoms with E-state index in [1.807, 2.05) is 37.1 Å². The number of aryl methyl sites for hydroxylation is 2. The van der Waals surface area contributed by atoms with Crippen LogP contribution in [0.4, 0.5) is 17.1 Å². The van der Waals surface area contributed by atoms with E-state index in [1.165, 1.54) is 0 Å². The molecule has 1 atom stereocenters. The molecule has 3 aromatic rings. The molecule has 0 spiro atoms. The van der Waals surface area contributed by atoms with E-state index in [-0.39, 0.29) is 24.0 Å². The highest BCUT2D eigenvalue weighted by molar-refractivity contribution is 7.80. The van der Waals surface area contributed by atoms with Gasteiger partial charge in [-0.15, -0.1) is 0 Å². The molecule has 3 aliphatic heterocycles. The average Bonchev–Trinajstić information content (AvgIpc) is 3.17. The van der Waals surface area contributed by atoms with E-state index in [2.05, 4.69) is 21.7 Å². The van der Waals surface area contributed by atoms with Gasteiger partial charge in [0.05, 0.1) is 21.8 Å². The number of imide groups is 2. The first-order valence-electron chi connectivity index (χ1n) is 12.7. The molecule has 9 nitrogen and oxygen atoms in total. The predicted molar refractivity (Wildman–Crippen MR) is 150 cm³/mol. The van der Waals surface area contributed by atoms with Crippen molar-refractivity contribution in [2.75, 3.05) is 17.3 Å². The standard InChI is InChI=1S/C29H25N5O4S/c1-15-12-16(10-11-30-15)19-13-17-6-9-25(39)33(2)23(17)14-21(19)31-20-5-3-4-18-26(20)29(38)34(28(18)37)22-7-8-24(35)32-27(22)36/h3-5,10-14,22,31H,6-9H2,1-2H3,(H,32,35,36). The monoisotopic (exact) mass is 539 g/mol. The van der Waals surface area contributed by atoms with Crippen molar-refractivity contribution in [1.29, 1.82) is 0 Å². The molecule has 3 aliphatic rings. The summed E-state index contributed by atoms with van der Waals surface area (Å²) in [6.45, 7) is 1.93. The van der Waals surface area contributed by atoms with Gasteiger partial charge in [-0.3, -0.25) is 34.4 Å². The molecule has 2 N–H and O–H groups in total. The summed E-state index contributed by atoms with van der Waals surface area (Å²) in [5.41, 5.74) is 6.50. The summed E-state index contributed by atoms with van der Waals surface area (Å²) in [4.78, 5) is 59.3. The molecule has 1 aromatic heterocycles. The lowest BCUT2D eigenvalue weighted by Gasteiger charge is -2.30. The Morgan fingerprint density at radius 1 is 0.974 bits per heavy atom. The van der Waals surface area contributed by atoms with Crippen LogP contribution >= 0.6 is 12.2 Å². The van der Waals surface area contributed by atoms with Gasteiger partial charge in [0.15, 0.2) is 0 Å².